The molecule has 1 aliphatic heterocycles. The molecule has 14 heavy (non-hydrogen) atoms. The van der Waals surface area contributed by atoms with Gasteiger partial charge < -0.3 is 0 Å². The predicted octanol–water partition coefficient (Wildman–Crippen LogP) is 2.94. The summed E-state index contributed by atoms with van der Waals surface area (Å²) in [6.07, 6.45) is 4.46. The van der Waals surface area contributed by atoms with Gasteiger partial charge in [-0.3, -0.25) is 4.90 Å². The molecule has 0 aliphatic carbocycles. The minimum atomic E-state index is 0.262. The Balaban J connectivity index is 2.76. The lowest BCUT2D eigenvalue weighted by Crippen LogP contribution is -2.58. The molecule has 2 heteroatoms. The normalized spacial score (nSPS) is 25.6. The molecule has 0 atom stereocenters. The van der Waals surface area contributed by atoms with Crippen LogP contribution in [0, 0.1) is 11.3 Å². The van der Waals surface area contributed by atoms with E-state index in [1.165, 1.54) is 19.3 Å². The van der Waals surface area contributed by atoms with Crippen LogP contribution in [0.25, 0.3) is 0 Å². The molecule has 1 aliphatic rings. The summed E-state index contributed by atoms with van der Waals surface area (Å²) in [6, 6.07) is 2.25. The third-order valence-electron chi connectivity index (χ3n) is 3.49. The number of nitriles is 1. The minimum absolute atomic E-state index is 0.262. The lowest BCUT2D eigenvalue weighted by atomic mass is 9.80. The molecule has 0 N–H and O–H groups in total. The van der Waals surface area contributed by atoms with E-state index in [1.54, 1.807) is 0 Å². The first kappa shape index (κ1) is 11.5. The van der Waals surface area contributed by atoms with Crippen molar-refractivity contribution in [2.45, 2.75) is 64.5 Å². The van der Waals surface area contributed by atoms with Gasteiger partial charge >= 0.3 is 0 Å². The monoisotopic (exact) mass is 194 g/mol. The number of likely N-dealkylation sites (tertiary alicyclic amines) is 1. The zero-order valence-electron chi connectivity index (χ0n) is 9.93. The average molecular weight is 194 g/mol. The first-order valence-electron chi connectivity index (χ1n) is 5.55. The van der Waals surface area contributed by atoms with Gasteiger partial charge in [-0.25, -0.2) is 0 Å². The Kier molecular flexibility index (Phi) is 3.21. The number of hydrogen-bond donors (Lipinski definition) is 0. The SMILES string of the molecule is CC1(C)CCCC(C)(C)N1CCC#N. The Bertz CT molecular complexity index is 219. The van der Waals surface area contributed by atoms with Crippen LogP contribution in [0.1, 0.15) is 53.4 Å². The Morgan fingerprint density at radius 1 is 1.14 bits per heavy atom. The van der Waals surface area contributed by atoms with Crippen molar-refractivity contribution in [3.8, 4) is 6.07 Å². The van der Waals surface area contributed by atoms with E-state index >= 15 is 0 Å². The molecule has 0 spiro atoms. The van der Waals surface area contributed by atoms with Crippen molar-refractivity contribution in [2.75, 3.05) is 6.54 Å². The summed E-state index contributed by atoms with van der Waals surface area (Å²) < 4.78 is 0. The highest BCUT2D eigenvalue weighted by atomic mass is 15.3. The number of rotatable bonds is 2. The minimum Gasteiger partial charge on any atom is -0.292 e. The molecule has 80 valence electrons. The van der Waals surface area contributed by atoms with E-state index in [2.05, 4.69) is 38.7 Å². The highest BCUT2D eigenvalue weighted by molar-refractivity contribution is 4.97. The predicted molar refractivity (Wildman–Crippen MR) is 58.9 cm³/mol. The van der Waals surface area contributed by atoms with Crippen LogP contribution in [0.2, 0.25) is 0 Å². The van der Waals surface area contributed by atoms with Crippen LogP contribution in [-0.4, -0.2) is 22.5 Å². The summed E-state index contributed by atoms with van der Waals surface area (Å²) in [5, 5.41) is 8.66. The fourth-order valence-electron chi connectivity index (χ4n) is 2.81. The van der Waals surface area contributed by atoms with Gasteiger partial charge in [0.1, 0.15) is 0 Å². The lowest BCUT2D eigenvalue weighted by molar-refractivity contribution is -0.0246. The van der Waals surface area contributed by atoms with Crippen LogP contribution < -0.4 is 0 Å². The van der Waals surface area contributed by atoms with Crippen LogP contribution in [-0.2, 0) is 0 Å². The molecule has 0 saturated carbocycles. The lowest BCUT2D eigenvalue weighted by Gasteiger charge is -2.52. The fourth-order valence-corrected chi connectivity index (χ4v) is 2.81. The molecule has 0 unspecified atom stereocenters. The maximum absolute atomic E-state index is 8.66. The second kappa shape index (κ2) is 3.90. The summed E-state index contributed by atoms with van der Waals surface area (Å²) in [6.45, 7) is 10.1. The van der Waals surface area contributed by atoms with E-state index in [1.807, 2.05) is 0 Å². The summed E-state index contributed by atoms with van der Waals surface area (Å²) in [5.74, 6) is 0. The van der Waals surface area contributed by atoms with E-state index in [0.717, 1.165) is 6.54 Å². The Morgan fingerprint density at radius 3 is 2.07 bits per heavy atom. The summed E-state index contributed by atoms with van der Waals surface area (Å²) in [7, 11) is 0. The molecule has 1 rings (SSSR count). The Hall–Kier alpha value is -0.550. The maximum Gasteiger partial charge on any atom is 0.0635 e. The topological polar surface area (TPSA) is 27.0 Å². The highest BCUT2D eigenvalue weighted by Gasteiger charge is 2.40. The van der Waals surface area contributed by atoms with E-state index in [9.17, 15) is 0 Å². The largest absolute Gasteiger partial charge is 0.292 e. The number of hydrogen-bond acceptors (Lipinski definition) is 2. The van der Waals surface area contributed by atoms with Gasteiger partial charge in [-0.2, -0.15) is 5.26 Å². The van der Waals surface area contributed by atoms with E-state index < -0.39 is 0 Å². The molecule has 0 amide bonds. The molecule has 0 bridgehead atoms. The van der Waals surface area contributed by atoms with Gasteiger partial charge in [-0.05, 0) is 47.0 Å². The third-order valence-corrected chi connectivity index (χ3v) is 3.49. The van der Waals surface area contributed by atoms with E-state index in [0.29, 0.717) is 6.42 Å². The van der Waals surface area contributed by atoms with E-state index in [-0.39, 0.29) is 11.1 Å². The summed E-state index contributed by atoms with van der Waals surface area (Å²) in [4.78, 5) is 2.51. The van der Waals surface area contributed by atoms with Crippen molar-refractivity contribution in [1.29, 1.82) is 5.26 Å². The average Bonchev–Trinajstić information content (AvgIpc) is 2.01. The molecule has 2 nitrogen and oxygen atoms in total. The second-order valence-corrected chi connectivity index (χ2v) is 5.54. The zero-order chi connectivity index (χ0) is 10.8. The number of nitrogens with zero attached hydrogens (tertiary/aromatic N) is 2. The standard InChI is InChI=1S/C12H22N2/c1-11(2)7-5-8-12(3,4)14(11)10-6-9-13/h5-8,10H2,1-4H3. The molecule has 1 fully saturated rings. The molecule has 0 aromatic rings. The van der Waals surface area contributed by atoms with Crippen molar-refractivity contribution in [2.24, 2.45) is 0 Å². The highest BCUT2D eigenvalue weighted by Crippen LogP contribution is 2.37. The van der Waals surface area contributed by atoms with E-state index in [4.69, 9.17) is 5.26 Å². The van der Waals surface area contributed by atoms with Crippen LogP contribution in [0.15, 0.2) is 0 Å². The molecule has 0 radical (unpaired) electrons. The van der Waals surface area contributed by atoms with Crippen LogP contribution >= 0.6 is 0 Å². The van der Waals surface area contributed by atoms with Crippen molar-refractivity contribution in [1.82, 2.24) is 4.90 Å². The first-order chi connectivity index (χ1) is 6.40. The quantitative estimate of drug-likeness (QED) is 0.675. The van der Waals surface area contributed by atoms with Crippen LogP contribution in [0.3, 0.4) is 0 Å². The van der Waals surface area contributed by atoms with Crippen LogP contribution in [0.5, 0.6) is 0 Å². The maximum atomic E-state index is 8.66. The smallest absolute Gasteiger partial charge is 0.0635 e. The van der Waals surface area contributed by atoms with Crippen molar-refractivity contribution in [3.05, 3.63) is 0 Å². The van der Waals surface area contributed by atoms with Crippen molar-refractivity contribution < 1.29 is 0 Å². The van der Waals surface area contributed by atoms with Gasteiger partial charge in [0.2, 0.25) is 0 Å². The van der Waals surface area contributed by atoms with Gasteiger partial charge in [-0.1, -0.05) is 0 Å². The summed E-state index contributed by atoms with van der Waals surface area (Å²) >= 11 is 0. The van der Waals surface area contributed by atoms with Crippen molar-refractivity contribution >= 4 is 0 Å². The van der Waals surface area contributed by atoms with Gasteiger partial charge in [0.25, 0.3) is 0 Å². The van der Waals surface area contributed by atoms with Gasteiger partial charge in [0.15, 0.2) is 0 Å². The van der Waals surface area contributed by atoms with Gasteiger partial charge in [0, 0.05) is 24.0 Å². The Morgan fingerprint density at radius 2 is 1.64 bits per heavy atom. The molecular formula is C12H22N2. The van der Waals surface area contributed by atoms with Crippen molar-refractivity contribution in [3.63, 3.8) is 0 Å². The molecular weight excluding hydrogens is 172 g/mol. The number of piperidine rings is 1. The molecule has 1 saturated heterocycles. The van der Waals surface area contributed by atoms with Crippen LogP contribution in [0.4, 0.5) is 0 Å². The third kappa shape index (κ3) is 2.27. The zero-order valence-corrected chi connectivity index (χ0v) is 9.93. The molecule has 0 aromatic heterocycles. The fraction of sp³-hybridized carbons (Fsp3) is 0.917. The molecule has 1 heterocycles. The second-order valence-electron chi connectivity index (χ2n) is 5.54. The van der Waals surface area contributed by atoms with Gasteiger partial charge in [-0.15, -0.1) is 0 Å². The molecule has 0 aromatic carbocycles. The summed E-state index contributed by atoms with van der Waals surface area (Å²) in [5.41, 5.74) is 0.525. The first-order valence-corrected chi connectivity index (χ1v) is 5.55. The van der Waals surface area contributed by atoms with Gasteiger partial charge in [0.05, 0.1) is 6.07 Å². The Labute approximate surface area is 87.9 Å².